The minimum Gasteiger partial charge on any atom is -0.490 e. The minimum absolute atomic E-state index is 0.0134. The zero-order valence-electron chi connectivity index (χ0n) is 17.1. The van der Waals surface area contributed by atoms with Gasteiger partial charge in [0.25, 0.3) is 0 Å². The molecule has 2 aromatic carbocycles. The van der Waals surface area contributed by atoms with Gasteiger partial charge in [0.15, 0.2) is 17.5 Å². The normalized spacial score (nSPS) is 15.1. The number of benzene rings is 2. The third-order valence-electron chi connectivity index (χ3n) is 5.02. The second-order valence-electron chi connectivity index (χ2n) is 7.43. The Morgan fingerprint density at radius 1 is 1.24 bits per heavy atom. The van der Waals surface area contributed by atoms with Gasteiger partial charge in [-0.1, -0.05) is 30.3 Å². The van der Waals surface area contributed by atoms with E-state index in [-0.39, 0.29) is 18.5 Å². The summed E-state index contributed by atoms with van der Waals surface area (Å²) in [5, 5.41) is 16.0. The highest BCUT2D eigenvalue weighted by atomic mass is 19.1. The molecule has 3 rings (SSSR count). The molecular weight excluding hydrogens is 369 g/mol. The number of nitrogens with one attached hydrogen (secondary N) is 2. The second-order valence-corrected chi connectivity index (χ2v) is 7.43. The van der Waals surface area contributed by atoms with Crippen molar-refractivity contribution in [2.75, 3.05) is 13.2 Å². The molecule has 156 valence electrons. The standard InChI is InChI=1S/C23H30FN3O2/c1-3-25-23(26-13-19-6-4-5-7-20(19)14-28)27-16(2)18-10-11-22(21(24)12-18)29-15-17-8-9-17/h4-7,10-12,16-17,28H,3,8-9,13-15H2,1-2H3,(H2,25,26,27). The number of hydrogen-bond donors (Lipinski definition) is 3. The number of rotatable bonds is 9. The van der Waals surface area contributed by atoms with E-state index in [9.17, 15) is 9.50 Å². The number of aliphatic hydroxyl groups excluding tert-OH is 1. The Hall–Kier alpha value is -2.60. The third-order valence-corrected chi connectivity index (χ3v) is 5.02. The lowest BCUT2D eigenvalue weighted by atomic mass is 10.1. The van der Waals surface area contributed by atoms with Crippen LogP contribution in [0.2, 0.25) is 0 Å². The highest BCUT2D eigenvalue weighted by Crippen LogP contribution is 2.30. The van der Waals surface area contributed by atoms with Crippen molar-refractivity contribution in [3.63, 3.8) is 0 Å². The molecule has 0 aromatic heterocycles. The van der Waals surface area contributed by atoms with Gasteiger partial charge >= 0.3 is 0 Å². The molecule has 1 atom stereocenters. The zero-order valence-corrected chi connectivity index (χ0v) is 17.1. The predicted octanol–water partition coefficient (Wildman–Crippen LogP) is 3.92. The van der Waals surface area contributed by atoms with Crippen molar-refractivity contribution in [3.05, 3.63) is 65.0 Å². The average molecular weight is 400 g/mol. The van der Waals surface area contributed by atoms with Crippen molar-refractivity contribution < 1.29 is 14.2 Å². The molecule has 5 nitrogen and oxygen atoms in total. The fraction of sp³-hybridized carbons (Fsp3) is 0.435. The summed E-state index contributed by atoms with van der Waals surface area (Å²) in [5.74, 6) is 1.20. The zero-order chi connectivity index (χ0) is 20.6. The van der Waals surface area contributed by atoms with E-state index in [1.54, 1.807) is 6.07 Å². The first-order valence-electron chi connectivity index (χ1n) is 10.3. The van der Waals surface area contributed by atoms with Crippen LogP contribution in [0.25, 0.3) is 0 Å². The topological polar surface area (TPSA) is 65.9 Å². The van der Waals surface area contributed by atoms with Gasteiger partial charge < -0.3 is 20.5 Å². The lowest BCUT2D eigenvalue weighted by molar-refractivity contribution is 0.280. The quantitative estimate of drug-likeness (QED) is 0.442. The van der Waals surface area contributed by atoms with Gasteiger partial charge in [0, 0.05) is 6.54 Å². The van der Waals surface area contributed by atoms with Gasteiger partial charge in [0.2, 0.25) is 0 Å². The Labute approximate surface area is 172 Å². The highest BCUT2D eigenvalue weighted by Gasteiger charge is 2.22. The molecule has 0 saturated heterocycles. The van der Waals surface area contributed by atoms with Crippen molar-refractivity contribution in [2.45, 2.75) is 45.9 Å². The fourth-order valence-corrected chi connectivity index (χ4v) is 3.03. The highest BCUT2D eigenvalue weighted by molar-refractivity contribution is 5.80. The lowest BCUT2D eigenvalue weighted by Gasteiger charge is -2.19. The molecule has 1 unspecified atom stereocenters. The van der Waals surface area contributed by atoms with Gasteiger partial charge in [0.05, 0.1) is 25.8 Å². The van der Waals surface area contributed by atoms with E-state index >= 15 is 0 Å². The van der Waals surface area contributed by atoms with Crippen LogP contribution in [0.4, 0.5) is 4.39 Å². The first-order chi connectivity index (χ1) is 14.1. The third kappa shape index (κ3) is 6.19. The number of guanidine groups is 1. The molecule has 6 heteroatoms. The molecule has 0 amide bonds. The van der Waals surface area contributed by atoms with E-state index < -0.39 is 0 Å². The van der Waals surface area contributed by atoms with Crippen LogP contribution >= 0.6 is 0 Å². The Morgan fingerprint density at radius 3 is 2.66 bits per heavy atom. The van der Waals surface area contributed by atoms with E-state index in [1.807, 2.05) is 44.2 Å². The summed E-state index contributed by atoms with van der Waals surface area (Å²) in [5.41, 5.74) is 2.66. The van der Waals surface area contributed by atoms with Crippen LogP contribution in [-0.2, 0) is 13.2 Å². The maximum absolute atomic E-state index is 14.4. The Kier molecular flexibility index (Phi) is 7.47. The maximum Gasteiger partial charge on any atom is 0.192 e. The number of halogens is 1. The van der Waals surface area contributed by atoms with Crippen LogP contribution in [0.5, 0.6) is 5.75 Å². The number of ether oxygens (including phenoxy) is 1. The minimum atomic E-state index is -0.337. The maximum atomic E-state index is 14.4. The van der Waals surface area contributed by atoms with Crippen LogP contribution < -0.4 is 15.4 Å². The first-order valence-corrected chi connectivity index (χ1v) is 10.3. The molecule has 1 fully saturated rings. The molecule has 2 aromatic rings. The van der Waals surface area contributed by atoms with Crippen LogP contribution in [-0.4, -0.2) is 24.2 Å². The summed E-state index contributed by atoms with van der Waals surface area (Å²) in [6.07, 6.45) is 2.35. The van der Waals surface area contributed by atoms with E-state index in [1.165, 1.54) is 18.9 Å². The average Bonchev–Trinajstić information content (AvgIpc) is 3.56. The van der Waals surface area contributed by atoms with E-state index in [0.29, 0.717) is 37.3 Å². The molecule has 1 saturated carbocycles. The van der Waals surface area contributed by atoms with Crippen molar-refractivity contribution in [1.82, 2.24) is 10.6 Å². The summed E-state index contributed by atoms with van der Waals surface area (Å²) >= 11 is 0. The summed E-state index contributed by atoms with van der Waals surface area (Å²) in [7, 11) is 0. The molecule has 0 aliphatic heterocycles. The van der Waals surface area contributed by atoms with Gasteiger partial charge in [-0.05, 0) is 61.4 Å². The first kappa shape index (κ1) is 21.1. The molecule has 1 aliphatic carbocycles. The van der Waals surface area contributed by atoms with Gasteiger partial charge in [-0.25, -0.2) is 9.38 Å². The molecular formula is C23H30FN3O2. The number of aliphatic imine (C=N–C) groups is 1. The monoisotopic (exact) mass is 399 g/mol. The molecule has 0 bridgehead atoms. The molecule has 0 radical (unpaired) electrons. The van der Waals surface area contributed by atoms with E-state index in [4.69, 9.17) is 4.74 Å². The van der Waals surface area contributed by atoms with E-state index in [0.717, 1.165) is 16.7 Å². The van der Waals surface area contributed by atoms with Gasteiger partial charge in [-0.3, -0.25) is 0 Å². The van der Waals surface area contributed by atoms with Gasteiger partial charge in [-0.15, -0.1) is 0 Å². The molecule has 3 N–H and O–H groups in total. The van der Waals surface area contributed by atoms with Crippen molar-refractivity contribution in [2.24, 2.45) is 10.9 Å². The Morgan fingerprint density at radius 2 is 2.00 bits per heavy atom. The summed E-state index contributed by atoms with van der Waals surface area (Å²) in [6, 6.07) is 12.7. The van der Waals surface area contributed by atoms with Crippen LogP contribution in [0, 0.1) is 11.7 Å². The van der Waals surface area contributed by atoms with Crippen molar-refractivity contribution in [3.8, 4) is 5.75 Å². The molecule has 0 heterocycles. The van der Waals surface area contributed by atoms with Crippen molar-refractivity contribution >= 4 is 5.96 Å². The fourth-order valence-electron chi connectivity index (χ4n) is 3.03. The molecule has 29 heavy (non-hydrogen) atoms. The number of aliphatic hydroxyl groups is 1. The smallest absolute Gasteiger partial charge is 0.192 e. The van der Waals surface area contributed by atoms with E-state index in [2.05, 4.69) is 15.6 Å². The van der Waals surface area contributed by atoms with Crippen LogP contribution in [0.1, 0.15) is 49.4 Å². The van der Waals surface area contributed by atoms with Crippen LogP contribution in [0.3, 0.4) is 0 Å². The Balaban J connectivity index is 1.65. The predicted molar refractivity (Wildman–Crippen MR) is 113 cm³/mol. The van der Waals surface area contributed by atoms with Crippen molar-refractivity contribution in [1.29, 1.82) is 0 Å². The largest absolute Gasteiger partial charge is 0.490 e. The van der Waals surface area contributed by atoms with Crippen LogP contribution in [0.15, 0.2) is 47.5 Å². The lowest BCUT2D eigenvalue weighted by Crippen LogP contribution is -2.38. The van der Waals surface area contributed by atoms with Gasteiger partial charge in [0.1, 0.15) is 0 Å². The Bertz CT molecular complexity index is 837. The molecule has 1 aliphatic rings. The summed E-state index contributed by atoms with van der Waals surface area (Å²) in [6.45, 7) is 5.70. The SMILES string of the molecule is CCNC(=NCc1ccccc1CO)NC(C)c1ccc(OCC2CC2)c(F)c1. The number of nitrogens with zero attached hydrogens (tertiary/aromatic N) is 1. The second kappa shape index (κ2) is 10.3. The number of hydrogen-bond acceptors (Lipinski definition) is 3. The summed E-state index contributed by atoms with van der Waals surface area (Å²) in [4.78, 5) is 4.62. The summed E-state index contributed by atoms with van der Waals surface area (Å²) < 4.78 is 20.0. The van der Waals surface area contributed by atoms with Gasteiger partial charge in [-0.2, -0.15) is 0 Å². The molecule has 0 spiro atoms.